The van der Waals surface area contributed by atoms with E-state index in [1.807, 2.05) is 60.7 Å². The molecule has 0 aliphatic carbocycles. The fourth-order valence-electron chi connectivity index (χ4n) is 2.92. The molecule has 0 bridgehead atoms. The van der Waals surface area contributed by atoms with Gasteiger partial charge in [-0.2, -0.15) is 0 Å². The van der Waals surface area contributed by atoms with E-state index in [9.17, 15) is 9.36 Å². The number of carboxylic acids is 1. The normalized spacial score (nSPS) is 10.8. The molecule has 0 amide bonds. The molecule has 0 saturated carbocycles. The van der Waals surface area contributed by atoms with Crippen molar-refractivity contribution in [3.05, 3.63) is 60.7 Å². The Morgan fingerprint density at radius 1 is 0.778 bits per heavy atom. The summed E-state index contributed by atoms with van der Waals surface area (Å²) in [5, 5.41) is 10.2. The summed E-state index contributed by atoms with van der Waals surface area (Å²) < 4.78 is 13.7. The fourth-order valence-corrected chi connectivity index (χ4v) is 4.99. The van der Waals surface area contributed by atoms with Crippen molar-refractivity contribution in [3.63, 3.8) is 0 Å². The molecule has 3 nitrogen and oxygen atoms in total. The first-order valence-corrected chi connectivity index (χ1v) is 11.3. The summed E-state index contributed by atoms with van der Waals surface area (Å²) >= 11 is 0. The number of rotatable bonds is 10. The minimum atomic E-state index is -2.92. The molecule has 0 aromatic heterocycles. The molecule has 0 unspecified atom stereocenters. The summed E-state index contributed by atoms with van der Waals surface area (Å²) in [6.45, 7) is 0. The lowest BCUT2D eigenvalue weighted by atomic mass is 10.1. The predicted molar refractivity (Wildman–Crippen MR) is 112 cm³/mol. The van der Waals surface area contributed by atoms with Crippen LogP contribution in [0.4, 0.5) is 0 Å². The number of carbonyl (C=O) groups is 1. The molecule has 4 heteroatoms. The predicted octanol–water partition coefficient (Wildman–Crippen LogP) is 5.17. The maximum Gasteiger partial charge on any atom is 0.303 e. The molecule has 0 fully saturated rings. The maximum atomic E-state index is 13.7. The third-order valence-electron chi connectivity index (χ3n) is 4.42. The first-order valence-electron chi connectivity index (χ1n) is 9.56. The second-order valence-corrected chi connectivity index (χ2v) is 9.06. The van der Waals surface area contributed by atoms with Gasteiger partial charge in [0.25, 0.3) is 0 Å². The number of unbranched alkanes of at least 4 members (excludes halogenated alkanes) is 6. The van der Waals surface area contributed by atoms with Gasteiger partial charge in [0, 0.05) is 23.5 Å². The van der Waals surface area contributed by atoms with Crippen LogP contribution in [0.2, 0.25) is 0 Å². The first kappa shape index (κ1) is 21.0. The smallest absolute Gasteiger partial charge is 0.303 e. The molecule has 2 aromatic rings. The average molecular weight is 382 g/mol. The van der Waals surface area contributed by atoms with Crippen LogP contribution in [0.5, 0.6) is 0 Å². The minimum Gasteiger partial charge on any atom is -0.481 e. The van der Waals surface area contributed by atoms with Gasteiger partial charge >= 0.3 is 5.97 Å². The summed E-state index contributed by atoms with van der Waals surface area (Å²) in [6.07, 6.45) is 6.93. The van der Waals surface area contributed by atoms with Crippen LogP contribution in [0.3, 0.4) is 0 Å². The number of aliphatic carboxylic acids is 1. The molecule has 2 aromatic carbocycles. The Balaban J connectivity index is 1.87. The molecule has 2 rings (SSSR count). The highest BCUT2D eigenvalue weighted by atomic mass is 31.2. The first-order chi connectivity index (χ1) is 13.1. The minimum absolute atomic E-state index is 0.264. The molecule has 0 spiro atoms. The van der Waals surface area contributed by atoms with E-state index in [0.29, 0.717) is 0 Å². The highest BCUT2D eigenvalue weighted by molar-refractivity contribution is 7.83. The average Bonchev–Trinajstić information content (AvgIpc) is 2.70. The molecule has 0 atom stereocenters. The fraction of sp³-hybridized carbons (Fsp3) is 0.348. The molecule has 0 aliphatic rings. The Kier molecular flexibility index (Phi) is 8.89. The third-order valence-corrected chi connectivity index (χ3v) is 6.94. The van der Waals surface area contributed by atoms with Crippen molar-refractivity contribution < 1.29 is 14.5 Å². The van der Waals surface area contributed by atoms with E-state index < -0.39 is 13.1 Å². The van der Waals surface area contributed by atoms with Crippen LogP contribution in [0.25, 0.3) is 0 Å². The lowest BCUT2D eigenvalue weighted by Gasteiger charge is -2.12. The lowest BCUT2D eigenvalue weighted by Crippen LogP contribution is -2.14. The highest BCUT2D eigenvalue weighted by Gasteiger charge is 2.24. The van der Waals surface area contributed by atoms with E-state index in [4.69, 9.17) is 5.11 Å². The number of carboxylic acid groups (broad SMARTS) is 1. The number of benzene rings is 2. The molecule has 0 saturated heterocycles. The van der Waals surface area contributed by atoms with Crippen molar-refractivity contribution in [2.75, 3.05) is 0 Å². The van der Waals surface area contributed by atoms with E-state index in [1.165, 1.54) is 0 Å². The molecule has 0 heterocycles. The van der Waals surface area contributed by atoms with Crippen molar-refractivity contribution in [3.8, 4) is 11.6 Å². The monoisotopic (exact) mass is 382 g/mol. The van der Waals surface area contributed by atoms with Crippen LogP contribution in [0.15, 0.2) is 60.7 Å². The number of hydrogen-bond donors (Lipinski definition) is 1. The van der Waals surface area contributed by atoms with Gasteiger partial charge in [-0.1, -0.05) is 92.3 Å². The van der Waals surface area contributed by atoms with Crippen LogP contribution in [0, 0.1) is 11.6 Å². The summed E-state index contributed by atoms with van der Waals surface area (Å²) in [6, 6.07) is 19.0. The van der Waals surface area contributed by atoms with Gasteiger partial charge in [0.05, 0.1) is 0 Å². The Morgan fingerprint density at radius 2 is 1.26 bits per heavy atom. The van der Waals surface area contributed by atoms with Crippen LogP contribution < -0.4 is 10.6 Å². The molecule has 27 heavy (non-hydrogen) atoms. The Hall–Kier alpha value is -2.30. The van der Waals surface area contributed by atoms with Gasteiger partial charge in [-0.05, 0) is 18.5 Å². The summed E-state index contributed by atoms with van der Waals surface area (Å²) in [5.74, 6) is 2.43. The lowest BCUT2D eigenvalue weighted by molar-refractivity contribution is -0.137. The number of hydrogen-bond acceptors (Lipinski definition) is 2. The van der Waals surface area contributed by atoms with Gasteiger partial charge in [-0.15, -0.1) is 0 Å². The second kappa shape index (κ2) is 11.4. The van der Waals surface area contributed by atoms with Gasteiger partial charge in [-0.3, -0.25) is 9.36 Å². The van der Waals surface area contributed by atoms with Crippen LogP contribution in [0.1, 0.15) is 51.4 Å². The zero-order valence-electron chi connectivity index (χ0n) is 15.6. The van der Waals surface area contributed by atoms with Gasteiger partial charge in [0.15, 0.2) is 0 Å². The van der Waals surface area contributed by atoms with E-state index in [1.54, 1.807) is 0 Å². The van der Waals surface area contributed by atoms with Crippen LogP contribution in [-0.2, 0) is 9.36 Å². The SMILES string of the molecule is O=C(O)CCCCCCCCC#CP(=O)(c1ccccc1)c1ccccc1. The van der Waals surface area contributed by atoms with E-state index in [-0.39, 0.29) is 6.42 Å². The molecule has 0 aliphatic heterocycles. The Bertz CT molecular complexity index is 760. The summed E-state index contributed by atoms with van der Waals surface area (Å²) in [7, 11) is -2.92. The second-order valence-electron chi connectivity index (χ2n) is 6.58. The van der Waals surface area contributed by atoms with Crippen molar-refractivity contribution >= 4 is 23.7 Å². The summed E-state index contributed by atoms with van der Waals surface area (Å²) in [5.41, 5.74) is 3.09. The maximum absolute atomic E-state index is 13.7. The molecule has 0 radical (unpaired) electrons. The molecule has 1 N–H and O–H groups in total. The zero-order valence-corrected chi connectivity index (χ0v) is 16.5. The van der Waals surface area contributed by atoms with E-state index in [0.717, 1.165) is 55.6 Å². The highest BCUT2D eigenvalue weighted by Crippen LogP contribution is 2.41. The zero-order chi connectivity index (χ0) is 19.4. The van der Waals surface area contributed by atoms with Crippen LogP contribution >= 0.6 is 7.14 Å². The molecular formula is C23H27O3P. The molecule has 142 valence electrons. The van der Waals surface area contributed by atoms with Crippen molar-refractivity contribution in [2.45, 2.75) is 51.4 Å². The van der Waals surface area contributed by atoms with Crippen molar-refractivity contribution in [1.82, 2.24) is 0 Å². The third kappa shape index (κ3) is 7.08. The van der Waals surface area contributed by atoms with Gasteiger partial charge < -0.3 is 5.11 Å². The summed E-state index contributed by atoms with van der Waals surface area (Å²) in [4.78, 5) is 10.5. The Morgan fingerprint density at radius 3 is 1.78 bits per heavy atom. The standard InChI is InChI=1S/C23H27O3P/c24-23(25)19-13-5-3-1-2-4-6-14-20-27(26,21-15-9-7-10-16-21)22-17-11-8-12-18-22/h7-12,15-18H,1-6,13,19H2,(H,24,25). The Labute approximate surface area is 162 Å². The van der Waals surface area contributed by atoms with Crippen molar-refractivity contribution in [2.24, 2.45) is 0 Å². The quantitative estimate of drug-likeness (QED) is 0.350. The van der Waals surface area contributed by atoms with Gasteiger partial charge in [0.1, 0.15) is 0 Å². The van der Waals surface area contributed by atoms with Gasteiger partial charge in [0.2, 0.25) is 7.14 Å². The van der Waals surface area contributed by atoms with E-state index >= 15 is 0 Å². The van der Waals surface area contributed by atoms with Gasteiger partial charge in [-0.25, -0.2) is 0 Å². The van der Waals surface area contributed by atoms with E-state index in [2.05, 4.69) is 11.6 Å². The topological polar surface area (TPSA) is 54.4 Å². The molecular weight excluding hydrogens is 355 g/mol. The van der Waals surface area contributed by atoms with Crippen molar-refractivity contribution in [1.29, 1.82) is 0 Å². The van der Waals surface area contributed by atoms with Crippen LogP contribution in [-0.4, -0.2) is 11.1 Å². The largest absolute Gasteiger partial charge is 0.481 e.